The number of hydrogen-bond donors (Lipinski definition) is 0. The lowest BCUT2D eigenvalue weighted by Crippen LogP contribution is -2.33. The Morgan fingerprint density at radius 1 is 1.44 bits per heavy atom. The molecule has 0 saturated heterocycles. The first-order valence-corrected chi connectivity index (χ1v) is 6.10. The van der Waals surface area contributed by atoms with Crippen molar-refractivity contribution in [3.63, 3.8) is 0 Å². The third-order valence-corrected chi connectivity index (χ3v) is 3.07. The predicted octanol–water partition coefficient (Wildman–Crippen LogP) is 3.03. The molecule has 0 radical (unpaired) electrons. The molecule has 5 heteroatoms. The Bertz CT molecular complexity index is 525. The topological polar surface area (TPSA) is 38.1 Å². The second-order valence-electron chi connectivity index (χ2n) is 3.86. The van der Waals surface area contributed by atoms with Crippen molar-refractivity contribution in [3.8, 4) is 0 Å². The van der Waals surface area contributed by atoms with Gasteiger partial charge in [0.2, 0.25) is 0 Å². The number of rotatable bonds is 3. The zero-order chi connectivity index (χ0) is 13.0. The first-order valence-electron chi connectivity index (χ1n) is 5.73. The smallest absolute Gasteiger partial charge is 0.320 e. The zero-order valence-corrected chi connectivity index (χ0v) is 10.8. The van der Waals surface area contributed by atoms with E-state index in [2.05, 4.69) is 4.98 Å². The van der Waals surface area contributed by atoms with Crippen LogP contribution < -0.4 is 0 Å². The number of halogens is 1. The molecular weight excluding hydrogens is 250 g/mol. The number of carbonyl (C=O) groups excluding carboxylic acids is 1. The Kier molecular flexibility index (Phi) is 3.99. The van der Waals surface area contributed by atoms with E-state index in [1.807, 2.05) is 31.2 Å². The molecule has 4 nitrogen and oxygen atoms in total. The van der Waals surface area contributed by atoms with Gasteiger partial charge in [-0.2, -0.15) is 0 Å². The normalized spacial score (nSPS) is 10.3. The van der Waals surface area contributed by atoms with Crippen LogP contribution in [0.2, 0.25) is 5.02 Å². The highest BCUT2D eigenvalue weighted by molar-refractivity contribution is 6.31. The lowest BCUT2D eigenvalue weighted by molar-refractivity contribution is 0.200. The molecule has 18 heavy (non-hydrogen) atoms. The van der Waals surface area contributed by atoms with Crippen molar-refractivity contribution in [2.75, 3.05) is 6.54 Å². The van der Waals surface area contributed by atoms with Gasteiger partial charge in [-0.3, -0.25) is 4.57 Å². The van der Waals surface area contributed by atoms with E-state index < -0.39 is 0 Å². The van der Waals surface area contributed by atoms with Crippen molar-refractivity contribution < 1.29 is 4.79 Å². The highest BCUT2D eigenvalue weighted by Crippen LogP contribution is 2.17. The van der Waals surface area contributed by atoms with Crippen molar-refractivity contribution in [1.82, 2.24) is 14.5 Å². The van der Waals surface area contributed by atoms with Crippen molar-refractivity contribution in [2.24, 2.45) is 0 Å². The van der Waals surface area contributed by atoms with Crippen LogP contribution >= 0.6 is 11.6 Å². The summed E-state index contributed by atoms with van der Waals surface area (Å²) in [4.78, 5) is 17.7. The Hall–Kier alpha value is -1.81. The maximum absolute atomic E-state index is 12.2. The summed E-state index contributed by atoms with van der Waals surface area (Å²) < 4.78 is 1.46. The molecule has 0 fully saturated rings. The quantitative estimate of drug-likeness (QED) is 0.854. The first-order chi connectivity index (χ1) is 8.72. The monoisotopic (exact) mass is 263 g/mol. The number of carbonyl (C=O) groups is 1. The largest absolute Gasteiger partial charge is 0.329 e. The van der Waals surface area contributed by atoms with Gasteiger partial charge < -0.3 is 4.90 Å². The standard InChI is InChI=1S/C13H14ClN3O/c1-2-16(13(18)17-8-7-15-10-17)9-11-5-3-4-6-12(11)14/h3-8,10H,2,9H2,1H3. The summed E-state index contributed by atoms with van der Waals surface area (Å²) in [5.41, 5.74) is 0.939. The summed E-state index contributed by atoms with van der Waals surface area (Å²) in [7, 11) is 0. The molecule has 2 rings (SSSR count). The van der Waals surface area contributed by atoms with Crippen molar-refractivity contribution in [3.05, 3.63) is 53.6 Å². The van der Waals surface area contributed by atoms with Gasteiger partial charge in [0.05, 0.1) is 0 Å². The van der Waals surface area contributed by atoms with Crippen LogP contribution in [0, 0.1) is 0 Å². The Morgan fingerprint density at radius 3 is 2.83 bits per heavy atom. The van der Waals surface area contributed by atoms with Gasteiger partial charge in [-0.05, 0) is 18.6 Å². The molecule has 0 atom stereocenters. The maximum atomic E-state index is 12.2. The summed E-state index contributed by atoms with van der Waals surface area (Å²) in [5, 5.41) is 0.675. The Labute approximate surface area is 111 Å². The SMILES string of the molecule is CCN(Cc1ccccc1Cl)C(=O)n1ccnc1. The van der Waals surface area contributed by atoms with E-state index in [1.54, 1.807) is 17.3 Å². The molecule has 2 aromatic rings. The number of hydrogen-bond acceptors (Lipinski definition) is 2. The highest BCUT2D eigenvalue weighted by atomic mass is 35.5. The maximum Gasteiger partial charge on any atom is 0.329 e. The molecule has 0 bridgehead atoms. The highest BCUT2D eigenvalue weighted by Gasteiger charge is 2.14. The van der Waals surface area contributed by atoms with Gasteiger partial charge in [0.15, 0.2) is 0 Å². The second kappa shape index (κ2) is 5.69. The molecule has 1 aromatic heterocycles. The van der Waals surface area contributed by atoms with Gasteiger partial charge >= 0.3 is 6.03 Å². The number of amides is 1. The molecule has 0 spiro atoms. The van der Waals surface area contributed by atoms with Crippen LogP contribution in [-0.2, 0) is 6.54 Å². The van der Waals surface area contributed by atoms with Crippen LogP contribution in [0.1, 0.15) is 12.5 Å². The molecule has 0 aliphatic carbocycles. The van der Waals surface area contributed by atoms with Crippen LogP contribution in [-0.4, -0.2) is 27.0 Å². The van der Waals surface area contributed by atoms with Gasteiger partial charge in [-0.15, -0.1) is 0 Å². The lowest BCUT2D eigenvalue weighted by Gasteiger charge is -2.21. The number of aromatic nitrogens is 2. The molecule has 94 valence electrons. The third kappa shape index (κ3) is 2.71. The Morgan fingerprint density at radius 2 is 2.22 bits per heavy atom. The fourth-order valence-electron chi connectivity index (χ4n) is 1.68. The first kappa shape index (κ1) is 12.6. The minimum atomic E-state index is -0.102. The molecule has 1 heterocycles. The van der Waals surface area contributed by atoms with Crippen LogP contribution in [0.25, 0.3) is 0 Å². The van der Waals surface area contributed by atoms with E-state index in [-0.39, 0.29) is 6.03 Å². The lowest BCUT2D eigenvalue weighted by atomic mass is 10.2. The van der Waals surface area contributed by atoms with E-state index in [0.29, 0.717) is 18.1 Å². The Balaban J connectivity index is 2.15. The van der Waals surface area contributed by atoms with Crippen LogP contribution in [0.5, 0.6) is 0 Å². The van der Waals surface area contributed by atoms with E-state index in [9.17, 15) is 4.79 Å². The molecule has 0 aliphatic rings. The van der Waals surface area contributed by atoms with Gasteiger partial charge in [-0.1, -0.05) is 29.8 Å². The summed E-state index contributed by atoms with van der Waals surface area (Å²) in [5.74, 6) is 0. The molecule has 0 N–H and O–H groups in total. The third-order valence-electron chi connectivity index (χ3n) is 2.70. The zero-order valence-electron chi connectivity index (χ0n) is 10.1. The predicted molar refractivity (Wildman–Crippen MR) is 70.6 cm³/mol. The minimum absolute atomic E-state index is 0.102. The van der Waals surface area contributed by atoms with Gasteiger partial charge in [0.1, 0.15) is 6.33 Å². The molecule has 1 amide bonds. The van der Waals surface area contributed by atoms with Crippen molar-refractivity contribution in [1.29, 1.82) is 0 Å². The van der Waals surface area contributed by atoms with Crippen molar-refractivity contribution in [2.45, 2.75) is 13.5 Å². The van der Waals surface area contributed by atoms with E-state index in [0.717, 1.165) is 5.56 Å². The van der Waals surface area contributed by atoms with Crippen molar-refractivity contribution >= 4 is 17.6 Å². The summed E-state index contributed by atoms with van der Waals surface area (Å²) in [6.45, 7) is 3.04. The average molecular weight is 264 g/mol. The second-order valence-corrected chi connectivity index (χ2v) is 4.27. The van der Waals surface area contributed by atoms with E-state index in [4.69, 9.17) is 11.6 Å². The van der Waals surface area contributed by atoms with Crippen LogP contribution in [0.15, 0.2) is 43.0 Å². The van der Waals surface area contributed by atoms with E-state index in [1.165, 1.54) is 10.9 Å². The fourth-order valence-corrected chi connectivity index (χ4v) is 1.88. The number of imidazole rings is 1. The van der Waals surface area contributed by atoms with Gasteiger partial charge in [0.25, 0.3) is 0 Å². The number of benzene rings is 1. The van der Waals surface area contributed by atoms with Gasteiger partial charge in [-0.25, -0.2) is 9.78 Å². The molecule has 0 aliphatic heterocycles. The molecular formula is C13H14ClN3O. The fraction of sp³-hybridized carbons (Fsp3) is 0.231. The summed E-state index contributed by atoms with van der Waals surface area (Å²) in [6, 6.07) is 7.43. The number of nitrogens with zero attached hydrogens (tertiary/aromatic N) is 3. The van der Waals surface area contributed by atoms with E-state index >= 15 is 0 Å². The summed E-state index contributed by atoms with van der Waals surface area (Å²) >= 11 is 6.10. The van der Waals surface area contributed by atoms with Gasteiger partial charge in [0, 0.05) is 30.5 Å². The minimum Gasteiger partial charge on any atom is -0.320 e. The van der Waals surface area contributed by atoms with Crippen LogP contribution in [0.3, 0.4) is 0 Å². The summed E-state index contributed by atoms with van der Waals surface area (Å²) in [6.07, 6.45) is 4.72. The average Bonchev–Trinajstić information content (AvgIpc) is 2.91. The van der Waals surface area contributed by atoms with Crippen LogP contribution in [0.4, 0.5) is 4.79 Å². The molecule has 0 saturated carbocycles. The molecule has 0 unspecified atom stereocenters. The molecule has 1 aromatic carbocycles.